The SMILES string of the molecule is COc1ccc(C)cc1Nc1ncnc(Nc2ccc3c(c2)OCCO3)c1[N+](=O)[O-]. The van der Waals surface area contributed by atoms with Crippen LogP contribution in [0.1, 0.15) is 5.56 Å². The molecule has 0 spiro atoms. The number of hydrogen-bond donors (Lipinski definition) is 2. The molecular weight excluding hydrogens is 390 g/mol. The van der Waals surface area contributed by atoms with E-state index in [2.05, 4.69) is 20.6 Å². The highest BCUT2D eigenvalue weighted by Crippen LogP contribution is 2.38. The minimum Gasteiger partial charge on any atom is -0.495 e. The van der Waals surface area contributed by atoms with Gasteiger partial charge in [-0.15, -0.1) is 0 Å². The van der Waals surface area contributed by atoms with Gasteiger partial charge in [0.25, 0.3) is 0 Å². The molecule has 154 valence electrons. The lowest BCUT2D eigenvalue weighted by Gasteiger charge is -2.19. The van der Waals surface area contributed by atoms with E-state index >= 15 is 0 Å². The van der Waals surface area contributed by atoms with Crippen molar-refractivity contribution in [1.82, 2.24) is 9.97 Å². The van der Waals surface area contributed by atoms with Gasteiger partial charge < -0.3 is 24.8 Å². The van der Waals surface area contributed by atoms with Gasteiger partial charge >= 0.3 is 5.69 Å². The Hall–Kier alpha value is -4.08. The fourth-order valence-electron chi connectivity index (χ4n) is 3.04. The lowest BCUT2D eigenvalue weighted by atomic mass is 10.2. The summed E-state index contributed by atoms with van der Waals surface area (Å²) in [5.74, 6) is 1.80. The molecule has 0 fully saturated rings. The molecule has 2 heterocycles. The van der Waals surface area contributed by atoms with Crippen LogP contribution >= 0.6 is 0 Å². The van der Waals surface area contributed by atoms with Crippen LogP contribution in [-0.4, -0.2) is 35.2 Å². The second kappa shape index (κ2) is 8.11. The van der Waals surface area contributed by atoms with Gasteiger partial charge in [0.1, 0.15) is 25.3 Å². The van der Waals surface area contributed by atoms with E-state index in [1.54, 1.807) is 24.3 Å². The average molecular weight is 409 g/mol. The fourth-order valence-corrected chi connectivity index (χ4v) is 3.04. The first kappa shape index (κ1) is 19.2. The number of ether oxygens (including phenoxy) is 3. The highest BCUT2D eigenvalue weighted by atomic mass is 16.6. The average Bonchev–Trinajstić information content (AvgIpc) is 2.74. The Morgan fingerprint density at radius 1 is 1.03 bits per heavy atom. The van der Waals surface area contributed by atoms with Crippen LogP contribution in [0.4, 0.5) is 28.7 Å². The second-order valence-corrected chi connectivity index (χ2v) is 6.49. The van der Waals surface area contributed by atoms with Crippen molar-refractivity contribution in [2.75, 3.05) is 31.0 Å². The number of nitrogens with one attached hydrogen (secondary N) is 2. The number of aromatic nitrogens is 2. The summed E-state index contributed by atoms with van der Waals surface area (Å²) in [4.78, 5) is 19.4. The Morgan fingerprint density at radius 2 is 1.77 bits per heavy atom. The summed E-state index contributed by atoms with van der Waals surface area (Å²) < 4.78 is 16.4. The Morgan fingerprint density at radius 3 is 2.50 bits per heavy atom. The number of rotatable bonds is 6. The van der Waals surface area contributed by atoms with Crippen molar-refractivity contribution in [2.24, 2.45) is 0 Å². The normalized spacial score (nSPS) is 12.2. The molecule has 1 aromatic heterocycles. The van der Waals surface area contributed by atoms with Crippen molar-refractivity contribution in [3.8, 4) is 17.2 Å². The number of nitro groups is 1. The molecule has 2 N–H and O–H groups in total. The van der Waals surface area contributed by atoms with Crippen LogP contribution in [0.15, 0.2) is 42.7 Å². The molecule has 0 unspecified atom stereocenters. The maximum Gasteiger partial charge on any atom is 0.353 e. The molecule has 0 amide bonds. The summed E-state index contributed by atoms with van der Waals surface area (Å²) >= 11 is 0. The summed E-state index contributed by atoms with van der Waals surface area (Å²) in [6.45, 7) is 2.83. The third-order valence-corrected chi connectivity index (χ3v) is 4.42. The van der Waals surface area contributed by atoms with E-state index in [0.717, 1.165) is 5.56 Å². The lowest BCUT2D eigenvalue weighted by Crippen LogP contribution is -2.15. The van der Waals surface area contributed by atoms with Crippen LogP contribution in [0.5, 0.6) is 17.2 Å². The van der Waals surface area contributed by atoms with Gasteiger partial charge in [-0.1, -0.05) is 6.07 Å². The van der Waals surface area contributed by atoms with E-state index < -0.39 is 4.92 Å². The van der Waals surface area contributed by atoms with Gasteiger partial charge in [0.05, 0.1) is 17.7 Å². The molecule has 30 heavy (non-hydrogen) atoms. The van der Waals surface area contributed by atoms with E-state index in [9.17, 15) is 10.1 Å². The van der Waals surface area contributed by atoms with Crippen molar-refractivity contribution in [3.05, 3.63) is 58.4 Å². The van der Waals surface area contributed by atoms with Gasteiger partial charge in [-0.05, 0) is 36.8 Å². The lowest BCUT2D eigenvalue weighted by molar-refractivity contribution is -0.383. The van der Waals surface area contributed by atoms with Gasteiger partial charge in [0, 0.05) is 11.8 Å². The molecule has 0 bridgehead atoms. The summed E-state index contributed by atoms with van der Waals surface area (Å²) in [6.07, 6.45) is 1.25. The van der Waals surface area contributed by atoms with Gasteiger partial charge in [0.2, 0.25) is 11.6 Å². The Labute approximate surface area is 172 Å². The molecule has 3 aromatic rings. The minimum atomic E-state index is -0.537. The third kappa shape index (κ3) is 3.88. The first-order chi connectivity index (χ1) is 14.5. The number of methoxy groups -OCH3 is 1. The zero-order valence-electron chi connectivity index (χ0n) is 16.3. The first-order valence-corrected chi connectivity index (χ1v) is 9.13. The summed E-state index contributed by atoms with van der Waals surface area (Å²) in [7, 11) is 1.53. The molecule has 10 heteroatoms. The minimum absolute atomic E-state index is 0.0407. The van der Waals surface area contributed by atoms with Gasteiger partial charge in [-0.2, -0.15) is 0 Å². The predicted molar refractivity (Wildman–Crippen MR) is 110 cm³/mol. The fraction of sp³-hybridized carbons (Fsp3) is 0.200. The molecule has 2 aromatic carbocycles. The van der Waals surface area contributed by atoms with E-state index in [1.165, 1.54) is 13.4 Å². The molecule has 0 saturated carbocycles. The van der Waals surface area contributed by atoms with Crippen molar-refractivity contribution >= 4 is 28.7 Å². The van der Waals surface area contributed by atoms with E-state index in [0.29, 0.717) is 41.8 Å². The highest BCUT2D eigenvalue weighted by Gasteiger charge is 2.24. The number of nitrogens with zero attached hydrogens (tertiary/aromatic N) is 3. The van der Waals surface area contributed by atoms with Crippen LogP contribution in [0, 0.1) is 17.0 Å². The number of aryl methyl sites for hydroxylation is 1. The zero-order chi connectivity index (χ0) is 21.1. The van der Waals surface area contributed by atoms with E-state index in [1.807, 2.05) is 19.1 Å². The van der Waals surface area contributed by atoms with Crippen LogP contribution < -0.4 is 24.8 Å². The number of anilines is 4. The molecule has 0 saturated heterocycles. The number of hydrogen-bond acceptors (Lipinski definition) is 9. The standard InChI is InChI=1S/C20H19N5O5/c1-12-3-5-15(28-2)14(9-12)24-20-18(25(26)27)19(21-11-22-20)23-13-4-6-16-17(10-13)30-8-7-29-16/h3-6,9-11H,7-8H2,1-2H3,(H2,21,22,23,24). The topological polar surface area (TPSA) is 121 Å². The van der Waals surface area contributed by atoms with Crippen LogP contribution in [0.25, 0.3) is 0 Å². The molecule has 4 rings (SSSR count). The van der Waals surface area contributed by atoms with Crippen molar-refractivity contribution in [3.63, 3.8) is 0 Å². The molecule has 0 aliphatic carbocycles. The molecular formula is C20H19N5O5. The van der Waals surface area contributed by atoms with Crippen LogP contribution in [0.2, 0.25) is 0 Å². The Balaban J connectivity index is 1.69. The highest BCUT2D eigenvalue weighted by molar-refractivity contribution is 5.78. The zero-order valence-corrected chi connectivity index (χ0v) is 16.3. The summed E-state index contributed by atoms with van der Waals surface area (Å²) in [6, 6.07) is 10.7. The summed E-state index contributed by atoms with van der Waals surface area (Å²) in [5.41, 5.74) is 1.80. The molecule has 0 radical (unpaired) electrons. The van der Waals surface area contributed by atoms with Gasteiger partial charge in [0.15, 0.2) is 11.5 Å². The number of benzene rings is 2. The van der Waals surface area contributed by atoms with Gasteiger partial charge in [-0.25, -0.2) is 9.97 Å². The van der Waals surface area contributed by atoms with E-state index in [-0.39, 0.29) is 17.3 Å². The summed E-state index contributed by atoms with van der Waals surface area (Å²) in [5, 5.41) is 17.8. The largest absolute Gasteiger partial charge is 0.495 e. The van der Waals surface area contributed by atoms with Crippen molar-refractivity contribution < 1.29 is 19.1 Å². The molecule has 0 atom stereocenters. The third-order valence-electron chi connectivity index (χ3n) is 4.42. The van der Waals surface area contributed by atoms with Crippen LogP contribution in [-0.2, 0) is 0 Å². The Bertz CT molecular complexity index is 1100. The monoisotopic (exact) mass is 409 g/mol. The van der Waals surface area contributed by atoms with Crippen molar-refractivity contribution in [2.45, 2.75) is 6.92 Å². The molecule has 1 aliphatic heterocycles. The maximum atomic E-state index is 11.8. The van der Waals surface area contributed by atoms with Crippen LogP contribution in [0.3, 0.4) is 0 Å². The second-order valence-electron chi connectivity index (χ2n) is 6.49. The number of fused-ring (bicyclic) bond motifs is 1. The molecule has 1 aliphatic rings. The van der Waals surface area contributed by atoms with Gasteiger partial charge in [-0.3, -0.25) is 10.1 Å². The Kier molecular flexibility index (Phi) is 5.21. The predicted octanol–water partition coefficient (Wildman–Crippen LogP) is 3.96. The maximum absolute atomic E-state index is 11.8. The molecule has 10 nitrogen and oxygen atoms in total. The quantitative estimate of drug-likeness (QED) is 0.460. The van der Waals surface area contributed by atoms with Crippen molar-refractivity contribution in [1.29, 1.82) is 0 Å². The smallest absolute Gasteiger partial charge is 0.353 e. The first-order valence-electron chi connectivity index (χ1n) is 9.13. The van der Waals surface area contributed by atoms with E-state index in [4.69, 9.17) is 14.2 Å².